The lowest BCUT2D eigenvalue weighted by molar-refractivity contribution is -0.131. The van der Waals surface area contributed by atoms with Crippen LogP contribution in [0, 0.1) is 0 Å². The zero-order chi connectivity index (χ0) is 14.9. The first-order valence-corrected chi connectivity index (χ1v) is 8.20. The van der Waals surface area contributed by atoms with E-state index in [2.05, 4.69) is 17.2 Å². The molecule has 1 unspecified atom stereocenters. The number of carbonyl (C=O) groups is 1. The van der Waals surface area contributed by atoms with Crippen LogP contribution in [0.4, 0.5) is 0 Å². The predicted octanol–water partition coefficient (Wildman–Crippen LogP) is 2.39. The molecule has 0 saturated carbocycles. The van der Waals surface area contributed by atoms with Crippen molar-refractivity contribution in [2.24, 2.45) is 0 Å². The lowest BCUT2D eigenvalue weighted by Crippen LogP contribution is -2.46. The number of nitrogens with zero attached hydrogens (tertiary/aromatic N) is 2. The molecule has 116 valence electrons. The quantitative estimate of drug-likeness (QED) is 0.838. The van der Waals surface area contributed by atoms with Gasteiger partial charge < -0.3 is 10.2 Å². The number of aromatic nitrogens is 1. The van der Waals surface area contributed by atoms with Gasteiger partial charge in [0.25, 0.3) is 0 Å². The molecule has 0 aromatic carbocycles. The summed E-state index contributed by atoms with van der Waals surface area (Å²) in [5.74, 6) is 0.259. The molecule has 0 radical (unpaired) electrons. The van der Waals surface area contributed by atoms with Gasteiger partial charge in [-0.15, -0.1) is 0 Å². The summed E-state index contributed by atoms with van der Waals surface area (Å²) in [5, 5.41) is 3.53. The second-order valence-corrected chi connectivity index (χ2v) is 5.81. The van der Waals surface area contributed by atoms with Crippen LogP contribution in [0.15, 0.2) is 24.4 Å². The normalized spacial score (nSPS) is 18.4. The van der Waals surface area contributed by atoms with Crippen LogP contribution < -0.4 is 5.32 Å². The van der Waals surface area contributed by atoms with Gasteiger partial charge in [-0.25, -0.2) is 0 Å². The first kappa shape index (κ1) is 16.0. The number of amides is 1. The predicted molar refractivity (Wildman–Crippen MR) is 85.1 cm³/mol. The number of hydrogen-bond acceptors (Lipinski definition) is 3. The van der Waals surface area contributed by atoms with Crippen molar-refractivity contribution in [1.29, 1.82) is 0 Å². The van der Waals surface area contributed by atoms with Crippen molar-refractivity contribution in [1.82, 2.24) is 15.2 Å². The molecule has 1 N–H and O–H groups in total. The Balaban J connectivity index is 1.82. The second-order valence-electron chi connectivity index (χ2n) is 5.81. The van der Waals surface area contributed by atoms with Crippen LogP contribution in [0.2, 0.25) is 0 Å². The largest absolute Gasteiger partial charge is 0.341 e. The zero-order valence-electron chi connectivity index (χ0n) is 13.1. The van der Waals surface area contributed by atoms with E-state index in [-0.39, 0.29) is 5.91 Å². The minimum Gasteiger partial charge on any atom is -0.341 e. The Morgan fingerprint density at radius 2 is 2.33 bits per heavy atom. The lowest BCUT2D eigenvalue weighted by atomic mass is 10.0. The van der Waals surface area contributed by atoms with E-state index in [4.69, 9.17) is 0 Å². The van der Waals surface area contributed by atoms with Gasteiger partial charge >= 0.3 is 0 Å². The molecule has 1 aliphatic rings. The van der Waals surface area contributed by atoms with Crippen LogP contribution in [0.5, 0.6) is 0 Å². The van der Waals surface area contributed by atoms with Crippen molar-refractivity contribution in [2.45, 2.75) is 51.5 Å². The minimum absolute atomic E-state index is 0.259. The fourth-order valence-corrected chi connectivity index (χ4v) is 2.87. The third-order valence-electron chi connectivity index (χ3n) is 4.02. The molecule has 1 aromatic rings. The molecule has 0 spiro atoms. The van der Waals surface area contributed by atoms with Crippen LogP contribution in [-0.2, 0) is 11.2 Å². The molecule has 0 aliphatic carbocycles. The van der Waals surface area contributed by atoms with Gasteiger partial charge in [-0.3, -0.25) is 9.78 Å². The first-order valence-electron chi connectivity index (χ1n) is 8.20. The Bertz CT molecular complexity index is 415. The Morgan fingerprint density at radius 3 is 3.00 bits per heavy atom. The number of hydrogen-bond donors (Lipinski definition) is 1. The van der Waals surface area contributed by atoms with Gasteiger partial charge in [0.1, 0.15) is 0 Å². The highest BCUT2D eigenvalue weighted by atomic mass is 16.2. The Labute approximate surface area is 127 Å². The van der Waals surface area contributed by atoms with Crippen LogP contribution in [0.3, 0.4) is 0 Å². The first-order chi connectivity index (χ1) is 10.3. The van der Waals surface area contributed by atoms with Gasteiger partial charge in [0, 0.05) is 37.4 Å². The Kier molecular flexibility index (Phi) is 6.67. The molecule has 1 fully saturated rings. The van der Waals surface area contributed by atoms with Crippen molar-refractivity contribution >= 4 is 5.91 Å². The molecule has 2 rings (SSSR count). The molecule has 1 aromatic heterocycles. The fourth-order valence-electron chi connectivity index (χ4n) is 2.87. The molecule has 1 amide bonds. The highest BCUT2D eigenvalue weighted by Gasteiger charge is 2.19. The van der Waals surface area contributed by atoms with E-state index in [0.29, 0.717) is 12.5 Å². The number of pyridine rings is 1. The number of carbonyl (C=O) groups excluding carboxylic acids is 1. The summed E-state index contributed by atoms with van der Waals surface area (Å²) >= 11 is 0. The standard InChI is InChI=1S/C17H27N3O/c1-2-13-20(14-16-8-4-6-12-19-16)17(21)10-9-15-7-3-5-11-18-15/h3,5,7,11,16,19H,2,4,6,8-10,12-14H2,1H3. The molecular formula is C17H27N3O. The Hall–Kier alpha value is -1.42. The lowest BCUT2D eigenvalue weighted by Gasteiger charge is -2.30. The molecule has 4 nitrogen and oxygen atoms in total. The summed E-state index contributed by atoms with van der Waals surface area (Å²) in [4.78, 5) is 18.8. The molecular weight excluding hydrogens is 262 g/mol. The summed E-state index contributed by atoms with van der Waals surface area (Å²) in [6.45, 7) is 4.94. The molecule has 1 atom stereocenters. The number of nitrogens with one attached hydrogen (secondary N) is 1. The molecule has 2 heterocycles. The smallest absolute Gasteiger partial charge is 0.223 e. The minimum atomic E-state index is 0.259. The number of rotatable bonds is 7. The number of piperidine rings is 1. The highest BCUT2D eigenvalue weighted by molar-refractivity contribution is 5.76. The van der Waals surface area contributed by atoms with Crippen molar-refractivity contribution < 1.29 is 4.79 Å². The van der Waals surface area contributed by atoms with E-state index in [0.717, 1.165) is 38.2 Å². The topological polar surface area (TPSA) is 45.2 Å². The maximum atomic E-state index is 12.5. The van der Waals surface area contributed by atoms with Gasteiger partial charge in [0.15, 0.2) is 0 Å². The van der Waals surface area contributed by atoms with Crippen molar-refractivity contribution in [2.75, 3.05) is 19.6 Å². The monoisotopic (exact) mass is 289 g/mol. The molecule has 1 aliphatic heterocycles. The van der Waals surface area contributed by atoms with Crippen LogP contribution in [-0.4, -0.2) is 41.5 Å². The third kappa shape index (κ3) is 5.46. The number of aryl methyl sites for hydroxylation is 1. The average Bonchev–Trinajstić information content (AvgIpc) is 2.54. The van der Waals surface area contributed by atoms with Crippen LogP contribution in [0.1, 0.15) is 44.7 Å². The van der Waals surface area contributed by atoms with Gasteiger partial charge in [-0.05, 0) is 44.4 Å². The van der Waals surface area contributed by atoms with E-state index in [9.17, 15) is 4.79 Å². The molecule has 1 saturated heterocycles. The van der Waals surface area contributed by atoms with E-state index >= 15 is 0 Å². The third-order valence-corrected chi connectivity index (χ3v) is 4.02. The maximum Gasteiger partial charge on any atom is 0.223 e. The van der Waals surface area contributed by atoms with Crippen LogP contribution in [0.25, 0.3) is 0 Å². The molecule has 0 bridgehead atoms. The van der Waals surface area contributed by atoms with Gasteiger partial charge in [0.05, 0.1) is 0 Å². The SMILES string of the molecule is CCCN(CC1CCCCN1)C(=O)CCc1ccccn1. The summed E-state index contributed by atoms with van der Waals surface area (Å²) in [6.07, 6.45) is 7.82. The summed E-state index contributed by atoms with van der Waals surface area (Å²) in [6, 6.07) is 6.34. The zero-order valence-corrected chi connectivity index (χ0v) is 13.1. The van der Waals surface area contributed by atoms with E-state index < -0.39 is 0 Å². The second kappa shape index (κ2) is 8.78. The fraction of sp³-hybridized carbons (Fsp3) is 0.647. The maximum absolute atomic E-state index is 12.5. The summed E-state index contributed by atoms with van der Waals surface area (Å²) < 4.78 is 0. The van der Waals surface area contributed by atoms with Crippen molar-refractivity contribution in [3.05, 3.63) is 30.1 Å². The van der Waals surface area contributed by atoms with E-state index in [1.807, 2.05) is 23.1 Å². The highest BCUT2D eigenvalue weighted by Crippen LogP contribution is 2.10. The van der Waals surface area contributed by atoms with Crippen LogP contribution >= 0.6 is 0 Å². The van der Waals surface area contributed by atoms with E-state index in [1.54, 1.807) is 6.20 Å². The summed E-state index contributed by atoms with van der Waals surface area (Å²) in [5.41, 5.74) is 0.998. The van der Waals surface area contributed by atoms with Crippen molar-refractivity contribution in [3.8, 4) is 0 Å². The van der Waals surface area contributed by atoms with Gasteiger partial charge in [-0.2, -0.15) is 0 Å². The Morgan fingerprint density at radius 1 is 1.43 bits per heavy atom. The average molecular weight is 289 g/mol. The van der Waals surface area contributed by atoms with Crippen molar-refractivity contribution in [3.63, 3.8) is 0 Å². The van der Waals surface area contributed by atoms with Gasteiger partial charge in [0.2, 0.25) is 5.91 Å². The van der Waals surface area contributed by atoms with Gasteiger partial charge in [-0.1, -0.05) is 19.4 Å². The van der Waals surface area contributed by atoms with E-state index in [1.165, 1.54) is 19.3 Å². The summed E-state index contributed by atoms with van der Waals surface area (Å²) in [7, 11) is 0. The molecule has 4 heteroatoms. The molecule has 21 heavy (non-hydrogen) atoms.